The first-order chi connectivity index (χ1) is 10.8. The Bertz CT molecular complexity index is 697. The van der Waals surface area contributed by atoms with Gasteiger partial charge in [0.15, 0.2) is 5.82 Å². The van der Waals surface area contributed by atoms with Crippen molar-refractivity contribution < 1.29 is 0 Å². The molecule has 1 unspecified atom stereocenters. The van der Waals surface area contributed by atoms with Gasteiger partial charge < -0.3 is 4.90 Å². The Morgan fingerprint density at radius 3 is 2.82 bits per heavy atom. The fraction of sp³-hybridized carbons (Fsp3) is 0.529. The van der Waals surface area contributed by atoms with Crippen LogP contribution in [0.15, 0.2) is 29.2 Å². The van der Waals surface area contributed by atoms with Crippen molar-refractivity contribution >= 4 is 0 Å². The fourth-order valence-electron chi connectivity index (χ4n) is 3.83. The summed E-state index contributed by atoms with van der Waals surface area (Å²) < 4.78 is 1.60. The summed E-state index contributed by atoms with van der Waals surface area (Å²) in [6.45, 7) is 2.39. The van der Waals surface area contributed by atoms with Crippen molar-refractivity contribution in [2.45, 2.75) is 44.6 Å². The van der Waals surface area contributed by atoms with Gasteiger partial charge in [-0.2, -0.15) is 0 Å². The number of nitrogens with zero attached hydrogens (tertiary/aromatic N) is 3. The Labute approximate surface area is 130 Å². The second-order valence-electron chi connectivity index (χ2n) is 6.39. The molecule has 2 aromatic heterocycles. The summed E-state index contributed by atoms with van der Waals surface area (Å²) in [6.07, 6.45) is 8.66. The molecule has 0 spiro atoms. The SMILES string of the molecule is O=c1c2c([nH]n1-c1ccccn1)CCC(N1CCCCC1)C2. The first-order valence-electron chi connectivity index (χ1n) is 8.31. The molecular formula is C17H22N4O. The first kappa shape index (κ1) is 13.8. The Kier molecular flexibility index (Phi) is 3.58. The van der Waals surface area contributed by atoms with Crippen LogP contribution >= 0.6 is 0 Å². The van der Waals surface area contributed by atoms with Crippen molar-refractivity contribution in [2.24, 2.45) is 0 Å². The van der Waals surface area contributed by atoms with Crippen molar-refractivity contribution in [3.05, 3.63) is 46.0 Å². The lowest BCUT2D eigenvalue weighted by Gasteiger charge is -2.36. The number of fused-ring (bicyclic) bond motifs is 1. The van der Waals surface area contributed by atoms with Crippen LogP contribution in [0.2, 0.25) is 0 Å². The highest BCUT2D eigenvalue weighted by Gasteiger charge is 2.29. The lowest BCUT2D eigenvalue weighted by molar-refractivity contribution is 0.149. The van der Waals surface area contributed by atoms with E-state index < -0.39 is 0 Å². The van der Waals surface area contributed by atoms with Gasteiger partial charge in [0.2, 0.25) is 0 Å². The number of rotatable bonds is 2. The number of aromatic amines is 1. The standard InChI is InChI=1S/C17H22N4O/c22-17-14-12-13(20-10-4-1-5-11-20)7-8-15(14)19-21(17)16-6-2-3-9-18-16/h2-3,6,9,13,19H,1,4-5,7-8,10-12H2. The first-order valence-corrected chi connectivity index (χ1v) is 8.31. The molecule has 0 bridgehead atoms. The molecular weight excluding hydrogens is 276 g/mol. The molecule has 1 aliphatic carbocycles. The molecule has 0 saturated carbocycles. The summed E-state index contributed by atoms with van der Waals surface area (Å²) in [5.41, 5.74) is 2.15. The van der Waals surface area contributed by atoms with Crippen molar-refractivity contribution in [1.82, 2.24) is 19.7 Å². The molecule has 2 aromatic rings. The highest BCUT2D eigenvalue weighted by Crippen LogP contribution is 2.24. The van der Waals surface area contributed by atoms with E-state index in [0.717, 1.165) is 30.5 Å². The van der Waals surface area contributed by atoms with Gasteiger partial charge in [-0.15, -0.1) is 0 Å². The molecule has 1 N–H and O–H groups in total. The van der Waals surface area contributed by atoms with Crippen LogP contribution in [-0.2, 0) is 12.8 Å². The zero-order valence-corrected chi connectivity index (χ0v) is 12.8. The number of aryl methyl sites for hydroxylation is 1. The molecule has 1 aliphatic heterocycles. The quantitative estimate of drug-likeness (QED) is 0.921. The number of H-pyrrole nitrogens is 1. The number of piperidine rings is 1. The van der Waals surface area contributed by atoms with Gasteiger partial charge in [0.05, 0.1) is 0 Å². The minimum Gasteiger partial charge on any atom is -0.300 e. The third-order valence-electron chi connectivity index (χ3n) is 5.03. The van der Waals surface area contributed by atoms with Crippen LogP contribution in [-0.4, -0.2) is 38.8 Å². The Balaban J connectivity index is 1.62. The molecule has 1 saturated heterocycles. The van der Waals surface area contributed by atoms with Gasteiger partial charge in [0.1, 0.15) is 0 Å². The number of hydrogen-bond donors (Lipinski definition) is 1. The van der Waals surface area contributed by atoms with Gasteiger partial charge in [-0.1, -0.05) is 12.5 Å². The highest BCUT2D eigenvalue weighted by molar-refractivity contribution is 5.28. The number of aromatic nitrogens is 3. The summed E-state index contributed by atoms with van der Waals surface area (Å²) in [5, 5.41) is 3.26. The largest absolute Gasteiger partial charge is 0.300 e. The molecule has 3 heterocycles. The van der Waals surface area contributed by atoms with E-state index in [1.165, 1.54) is 32.4 Å². The summed E-state index contributed by atoms with van der Waals surface area (Å²) in [5.74, 6) is 0.677. The fourth-order valence-corrected chi connectivity index (χ4v) is 3.83. The Morgan fingerprint density at radius 1 is 1.18 bits per heavy atom. The topological polar surface area (TPSA) is 53.9 Å². The third-order valence-corrected chi connectivity index (χ3v) is 5.03. The average molecular weight is 298 g/mol. The molecule has 4 rings (SSSR count). The predicted octanol–water partition coefficient (Wildman–Crippen LogP) is 1.90. The molecule has 0 aromatic carbocycles. The minimum atomic E-state index is 0.0791. The van der Waals surface area contributed by atoms with E-state index >= 15 is 0 Å². The van der Waals surface area contributed by atoms with Crippen LogP contribution in [0.5, 0.6) is 0 Å². The molecule has 22 heavy (non-hydrogen) atoms. The molecule has 0 amide bonds. The van der Waals surface area contributed by atoms with Crippen molar-refractivity contribution in [3.63, 3.8) is 0 Å². The maximum atomic E-state index is 12.7. The molecule has 1 fully saturated rings. The van der Waals surface area contributed by atoms with Crippen LogP contribution < -0.4 is 5.56 Å². The van der Waals surface area contributed by atoms with E-state index in [0.29, 0.717) is 11.9 Å². The van der Waals surface area contributed by atoms with E-state index in [4.69, 9.17) is 0 Å². The van der Waals surface area contributed by atoms with E-state index in [1.54, 1.807) is 10.9 Å². The van der Waals surface area contributed by atoms with E-state index in [9.17, 15) is 4.79 Å². The van der Waals surface area contributed by atoms with Gasteiger partial charge in [0, 0.05) is 23.5 Å². The Hall–Kier alpha value is -1.88. The maximum Gasteiger partial charge on any atom is 0.276 e. The molecule has 1 atom stereocenters. The zero-order chi connectivity index (χ0) is 14.9. The number of pyridine rings is 1. The average Bonchev–Trinajstić information content (AvgIpc) is 2.93. The van der Waals surface area contributed by atoms with E-state index in [-0.39, 0.29) is 5.56 Å². The predicted molar refractivity (Wildman–Crippen MR) is 85.4 cm³/mol. The van der Waals surface area contributed by atoms with Gasteiger partial charge in [0.25, 0.3) is 5.56 Å². The molecule has 5 heteroatoms. The van der Waals surface area contributed by atoms with E-state index in [1.807, 2.05) is 18.2 Å². The smallest absolute Gasteiger partial charge is 0.276 e. The zero-order valence-electron chi connectivity index (χ0n) is 12.8. The summed E-state index contributed by atoms with van der Waals surface area (Å²) in [7, 11) is 0. The van der Waals surface area contributed by atoms with Crippen molar-refractivity contribution in [2.75, 3.05) is 13.1 Å². The van der Waals surface area contributed by atoms with Crippen LogP contribution in [0.1, 0.15) is 36.9 Å². The lowest BCUT2D eigenvalue weighted by Crippen LogP contribution is -2.43. The van der Waals surface area contributed by atoms with Gasteiger partial charge in [-0.05, 0) is 57.3 Å². The minimum absolute atomic E-state index is 0.0791. The summed E-state index contributed by atoms with van der Waals surface area (Å²) in [6, 6.07) is 6.17. The van der Waals surface area contributed by atoms with Crippen LogP contribution in [0, 0.1) is 0 Å². The number of hydrogen-bond acceptors (Lipinski definition) is 3. The van der Waals surface area contributed by atoms with Gasteiger partial charge >= 0.3 is 0 Å². The van der Waals surface area contributed by atoms with Gasteiger partial charge in [-0.3, -0.25) is 9.89 Å². The van der Waals surface area contributed by atoms with Crippen LogP contribution in [0.3, 0.4) is 0 Å². The number of nitrogens with one attached hydrogen (secondary N) is 1. The summed E-state index contributed by atoms with van der Waals surface area (Å²) in [4.78, 5) is 19.6. The maximum absolute atomic E-state index is 12.7. The third kappa shape index (κ3) is 2.39. The highest BCUT2D eigenvalue weighted by atomic mass is 16.1. The van der Waals surface area contributed by atoms with Gasteiger partial charge in [-0.25, -0.2) is 9.67 Å². The van der Waals surface area contributed by atoms with Crippen LogP contribution in [0.25, 0.3) is 5.82 Å². The monoisotopic (exact) mass is 298 g/mol. The lowest BCUT2D eigenvalue weighted by atomic mass is 9.91. The number of likely N-dealkylation sites (tertiary alicyclic amines) is 1. The van der Waals surface area contributed by atoms with Crippen molar-refractivity contribution in [3.8, 4) is 5.82 Å². The summed E-state index contributed by atoms with van der Waals surface area (Å²) >= 11 is 0. The second-order valence-corrected chi connectivity index (χ2v) is 6.39. The molecule has 116 valence electrons. The van der Waals surface area contributed by atoms with Crippen molar-refractivity contribution in [1.29, 1.82) is 0 Å². The Morgan fingerprint density at radius 2 is 2.05 bits per heavy atom. The van der Waals surface area contributed by atoms with E-state index in [2.05, 4.69) is 15.0 Å². The van der Waals surface area contributed by atoms with Crippen LogP contribution in [0.4, 0.5) is 0 Å². The second kappa shape index (κ2) is 5.72. The molecule has 5 nitrogen and oxygen atoms in total. The molecule has 0 radical (unpaired) electrons. The normalized spacial score (nSPS) is 22.5. The molecule has 2 aliphatic rings.